The number of benzene rings is 2. The number of nitrogens with one attached hydrogen (secondary N) is 2. The molecule has 2 aromatic rings. The standard InChI is InChI=1S/C19H24ClN3OS/c1-13-8-9-15(11-17(13)20)22-19(25)21-12-18(23(2)3)14-6-5-7-16(10-14)24-4/h5-11,18H,12H2,1-4H3,(H2,21,22,25)/t18-/m0/s1. The van der Waals surface area contributed by atoms with Gasteiger partial charge in [0.15, 0.2) is 5.11 Å². The lowest BCUT2D eigenvalue weighted by Gasteiger charge is -2.26. The van der Waals surface area contributed by atoms with Crippen LogP contribution in [0.3, 0.4) is 0 Å². The van der Waals surface area contributed by atoms with Crippen LogP contribution in [0, 0.1) is 6.92 Å². The Hall–Kier alpha value is -1.82. The molecule has 2 N–H and O–H groups in total. The first kappa shape index (κ1) is 19.5. The molecule has 0 bridgehead atoms. The molecule has 2 aromatic carbocycles. The molecular weight excluding hydrogens is 354 g/mol. The van der Waals surface area contributed by atoms with Crippen molar-refractivity contribution >= 4 is 34.6 Å². The number of thiocarbonyl (C=S) groups is 1. The van der Waals surface area contributed by atoms with Gasteiger partial charge in [0.1, 0.15) is 5.75 Å². The Morgan fingerprint density at radius 1 is 1.24 bits per heavy atom. The molecule has 0 aliphatic carbocycles. The Morgan fingerprint density at radius 3 is 2.64 bits per heavy atom. The van der Waals surface area contributed by atoms with Crippen LogP contribution < -0.4 is 15.4 Å². The van der Waals surface area contributed by atoms with Gasteiger partial charge in [-0.2, -0.15) is 0 Å². The van der Waals surface area contributed by atoms with Gasteiger partial charge in [0.25, 0.3) is 0 Å². The minimum atomic E-state index is 0.163. The second kappa shape index (κ2) is 9.04. The van der Waals surface area contributed by atoms with Crippen molar-refractivity contribution in [2.24, 2.45) is 0 Å². The van der Waals surface area contributed by atoms with Crippen LogP contribution in [-0.4, -0.2) is 37.8 Å². The van der Waals surface area contributed by atoms with Gasteiger partial charge in [0.05, 0.1) is 13.2 Å². The van der Waals surface area contributed by atoms with Gasteiger partial charge in [0, 0.05) is 17.3 Å². The molecule has 0 heterocycles. The van der Waals surface area contributed by atoms with Gasteiger partial charge in [0.2, 0.25) is 0 Å². The van der Waals surface area contributed by atoms with E-state index in [1.807, 2.05) is 57.4 Å². The van der Waals surface area contributed by atoms with Gasteiger partial charge in [-0.1, -0.05) is 29.8 Å². The minimum absolute atomic E-state index is 0.163. The topological polar surface area (TPSA) is 36.5 Å². The van der Waals surface area contributed by atoms with E-state index in [1.54, 1.807) is 7.11 Å². The van der Waals surface area contributed by atoms with Crippen LogP contribution in [-0.2, 0) is 0 Å². The zero-order valence-corrected chi connectivity index (χ0v) is 16.5. The highest BCUT2D eigenvalue weighted by Crippen LogP contribution is 2.22. The molecule has 0 spiro atoms. The third kappa shape index (κ3) is 5.59. The summed E-state index contributed by atoms with van der Waals surface area (Å²) in [5.41, 5.74) is 3.07. The normalized spacial score (nSPS) is 11.9. The highest BCUT2D eigenvalue weighted by molar-refractivity contribution is 7.80. The molecule has 0 fully saturated rings. The Labute approximate surface area is 160 Å². The molecule has 0 unspecified atom stereocenters. The molecule has 6 heteroatoms. The molecule has 134 valence electrons. The Bertz CT molecular complexity index is 736. The number of hydrogen-bond donors (Lipinski definition) is 2. The van der Waals surface area contributed by atoms with Crippen LogP contribution in [0.5, 0.6) is 5.75 Å². The van der Waals surface area contributed by atoms with E-state index < -0.39 is 0 Å². The van der Waals surface area contributed by atoms with Crippen LogP contribution in [0.4, 0.5) is 5.69 Å². The van der Waals surface area contributed by atoms with Gasteiger partial charge in [-0.25, -0.2) is 0 Å². The zero-order chi connectivity index (χ0) is 18.4. The van der Waals surface area contributed by atoms with Gasteiger partial charge in [-0.05, 0) is 68.6 Å². The Balaban J connectivity index is 2.00. The van der Waals surface area contributed by atoms with Crippen LogP contribution in [0.2, 0.25) is 5.02 Å². The smallest absolute Gasteiger partial charge is 0.170 e. The lowest BCUT2D eigenvalue weighted by Crippen LogP contribution is -2.36. The number of nitrogens with zero attached hydrogens (tertiary/aromatic N) is 1. The van der Waals surface area contributed by atoms with E-state index in [1.165, 1.54) is 0 Å². The fourth-order valence-corrected chi connectivity index (χ4v) is 2.86. The molecular formula is C19H24ClN3OS. The monoisotopic (exact) mass is 377 g/mol. The third-order valence-corrected chi connectivity index (χ3v) is 4.64. The molecule has 0 radical (unpaired) electrons. The number of aryl methyl sites for hydroxylation is 1. The quantitative estimate of drug-likeness (QED) is 0.736. The molecule has 25 heavy (non-hydrogen) atoms. The van der Waals surface area contributed by atoms with Crippen LogP contribution in [0.1, 0.15) is 17.2 Å². The number of ether oxygens (including phenoxy) is 1. The third-order valence-electron chi connectivity index (χ3n) is 3.99. The number of hydrogen-bond acceptors (Lipinski definition) is 3. The highest BCUT2D eigenvalue weighted by atomic mass is 35.5. The van der Waals surface area contributed by atoms with Crippen molar-refractivity contribution in [3.8, 4) is 5.75 Å². The maximum Gasteiger partial charge on any atom is 0.170 e. The fraction of sp³-hybridized carbons (Fsp3) is 0.316. The average Bonchev–Trinajstić information content (AvgIpc) is 2.58. The van der Waals surface area contributed by atoms with Gasteiger partial charge >= 0.3 is 0 Å². The molecule has 0 aliphatic rings. The summed E-state index contributed by atoms with van der Waals surface area (Å²) in [6, 6.07) is 14.0. The van der Waals surface area contributed by atoms with Gasteiger partial charge in [-0.3, -0.25) is 0 Å². The minimum Gasteiger partial charge on any atom is -0.497 e. The van der Waals surface area contributed by atoms with E-state index in [0.717, 1.165) is 27.6 Å². The Kier molecular flexibility index (Phi) is 7.05. The van der Waals surface area contributed by atoms with Crippen molar-refractivity contribution in [2.45, 2.75) is 13.0 Å². The largest absolute Gasteiger partial charge is 0.497 e. The molecule has 1 atom stereocenters. The van der Waals surface area contributed by atoms with E-state index in [0.29, 0.717) is 11.7 Å². The first-order chi connectivity index (χ1) is 11.9. The summed E-state index contributed by atoms with van der Waals surface area (Å²) in [4.78, 5) is 2.15. The maximum atomic E-state index is 6.15. The molecule has 4 nitrogen and oxygen atoms in total. The van der Waals surface area contributed by atoms with Gasteiger partial charge in [-0.15, -0.1) is 0 Å². The first-order valence-corrected chi connectivity index (χ1v) is 8.80. The molecule has 0 aliphatic heterocycles. The summed E-state index contributed by atoms with van der Waals surface area (Å²) in [7, 11) is 5.76. The number of methoxy groups -OCH3 is 1. The van der Waals surface area contributed by atoms with E-state index >= 15 is 0 Å². The van der Waals surface area contributed by atoms with E-state index in [9.17, 15) is 0 Å². The predicted octanol–water partition coefficient (Wildman–Crippen LogP) is 4.25. The van der Waals surface area contributed by atoms with Crippen molar-refractivity contribution < 1.29 is 4.74 Å². The van der Waals surface area contributed by atoms with Crippen LogP contribution in [0.25, 0.3) is 0 Å². The van der Waals surface area contributed by atoms with Crippen molar-refractivity contribution in [3.63, 3.8) is 0 Å². The number of halogens is 1. The molecule has 2 rings (SSSR count). The average molecular weight is 378 g/mol. The second-order valence-electron chi connectivity index (χ2n) is 6.06. The van der Waals surface area contributed by atoms with E-state index in [-0.39, 0.29) is 6.04 Å². The summed E-state index contributed by atoms with van der Waals surface area (Å²) >= 11 is 11.6. The van der Waals surface area contributed by atoms with E-state index in [2.05, 4.69) is 21.6 Å². The lowest BCUT2D eigenvalue weighted by molar-refractivity contribution is 0.298. The van der Waals surface area contributed by atoms with Crippen LogP contribution in [0.15, 0.2) is 42.5 Å². The zero-order valence-electron chi connectivity index (χ0n) is 15.0. The summed E-state index contributed by atoms with van der Waals surface area (Å²) in [6.45, 7) is 2.64. The van der Waals surface area contributed by atoms with Gasteiger partial charge < -0.3 is 20.3 Å². The molecule has 0 amide bonds. The van der Waals surface area contributed by atoms with Crippen molar-refractivity contribution in [1.29, 1.82) is 0 Å². The number of likely N-dealkylation sites (N-methyl/N-ethyl adjacent to an activating group) is 1. The lowest BCUT2D eigenvalue weighted by atomic mass is 10.1. The highest BCUT2D eigenvalue weighted by Gasteiger charge is 2.15. The van der Waals surface area contributed by atoms with Crippen molar-refractivity contribution in [2.75, 3.05) is 33.1 Å². The maximum absolute atomic E-state index is 6.15. The fourth-order valence-electron chi connectivity index (χ4n) is 2.48. The predicted molar refractivity (Wildman–Crippen MR) is 110 cm³/mol. The summed E-state index contributed by atoms with van der Waals surface area (Å²) < 4.78 is 5.32. The van der Waals surface area contributed by atoms with E-state index in [4.69, 9.17) is 28.6 Å². The van der Waals surface area contributed by atoms with Crippen molar-refractivity contribution in [1.82, 2.24) is 10.2 Å². The first-order valence-electron chi connectivity index (χ1n) is 8.02. The summed E-state index contributed by atoms with van der Waals surface area (Å²) in [6.07, 6.45) is 0. The number of rotatable bonds is 6. The van der Waals surface area contributed by atoms with Crippen LogP contribution >= 0.6 is 23.8 Å². The summed E-state index contributed by atoms with van der Waals surface area (Å²) in [5, 5.41) is 7.73. The SMILES string of the molecule is COc1cccc([C@H](CNC(=S)Nc2ccc(C)c(Cl)c2)N(C)C)c1. The molecule has 0 saturated heterocycles. The van der Waals surface area contributed by atoms with Crippen molar-refractivity contribution in [3.05, 3.63) is 58.6 Å². The molecule has 0 aromatic heterocycles. The number of anilines is 1. The molecule has 0 saturated carbocycles. The Morgan fingerprint density at radius 2 is 2.00 bits per heavy atom. The second-order valence-corrected chi connectivity index (χ2v) is 6.87. The summed E-state index contributed by atoms with van der Waals surface area (Å²) in [5.74, 6) is 0.847.